The Morgan fingerprint density at radius 1 is 1.33 bits per heavy atom. The van der Waals surface area contributed by atoms with Gasteiger partial charge in [0.2, 0.25) is 0 Å². The summed E-state index contributed by atoms with van der Waals surface area (Å²) in [4.78, 5) is 11.8. The Balaban J connectivity index is 2.12. The summed E-state index contributed by atoms with van der Waals surface area (Å²) in [6.45, 7) is 6.21. The fourth-order valence-corrected chi connectivity index (χ4v) is 3.60. The van der Waals surface area contributed by atoms with Gasteiger partial charge in [-0.25, -0.2) is 0 Å². The molecule has 1 saturated heterocycles. The van der Waals surface area contributed by atoms with Crippen LogP contribution >= 0.6 is 0 Å². The first-order chi connectivity index (χ1) is 8.43. The highest BCUT2D eigenvalue weighted by Gasteiger charge is 2.54. The van der Waals surface area contributed by atoms with E-state index < -0.39 is 11.4 Å². The molecule has 0 aromatic heterocycles. The molecule has 3 unspecified atom stereocenters. The van der Waals surface area contributed by atoms with Gasteiger partial charge in [0.25, 0.3) is 0 Å². The Morgan fingerprint density at radius 2 is 1.94 bits per heavy atom. The number of aliphatic carboxylic acids is 1. The van der Waals surface area contributed by atoms with E-state index in [0.29, 0.717) is 12.5 Å². The summed E-state index contributed by atoms with van der Waals surface area (Å²) in [7, 11) is 0. The fourth-order valence-electron chi connectivity index (χ4n) is 3.60. The SMILES string of the molecule is CCC1OC1CC(C)(C(=O)O)C1(C)CCCCC1. The molecule has 0 spiro atoms. The molecule has 1 heterocycles. The summed E-state index contributed by atoms with van der Waals surface area (Å²) >= 11 is 0. The largest absolute Gasteiger partial charge is 0.481 e. The fraction of sp³-hybridized carbons (Fsp3) is 0.933. The van der Waals surface area contributed by atoms with Crippen LogP contribution in [0.15, 0.2) is 0 Å². The predicted octanol–water partition coefficient (Wildman–Crippen LogP) is 3.62. The summed E-state index contributed by atoms with van der Waals surface area (Å²) in [6.07, 6.45) is 7.82. The maximum Gasteiger partial charge on any atom is 0.310 e. The molecule has 3 heteroatoms. The normalized spacial score (nSPS) is 33.7. The summed E-state index contributed by atoms with van der Waals surface area (Å²) in [5.74, 6) is -0.641. The van der Waals surface area contributed by atoms with Crippen LogP contribution in [0.3, 0.4) is 0 Å². The third-order valence-electron chi connectivity index (χ3n) is 5.46. The van der Waals surface area contributed by atoms with Gasteiger partial charge < -0.3 is 9.84 Å². The monoisotopic (exact) mass is 254 g/mol. The Labute approximate surface area is 110 Å². The first kappa shape index (κ1) is 13.9. The minimum absolute atomic E-state index is 0.0681. The van der Waals surface area contributed by atoms with Crippen LogP contribution in [0.1, 0.15) is 65.7 Å². The first-order valence-corrected chi connectivity index (χ1v) is 7.32. The van der Waals surface area contributed by atoms with E-state index in [1.165, 1.54) is 19.3 Å². The second kappa shape index (κ2) is 4.84. The molecule has 2 rings (SSSR count). The molecule has 3 atom stereocenters. The standard InChI is InChI=1S/C15H26O3/c1-4-11-12(18-11)10-15(3,13(16)17)14(2)8-6-5-7-9-14/h11-12H,4-10H2,1-3H3,(H,16,17). The molecule has 0 aromatic carbocycles. The van der Waals surface area contributed by atoms with Gasteiger partial charge in [-0.15, -0.1) is 0 Å². The van der Waals surface area contributed by atoms with Crippen molar-refractivity contribution < 1.29 is 14.6 Å². The van der Waals surface area contributed by atoms with Crippen molar-refractivity contribution in [2.45, 2.75) is 77.9 Å². The van der Waals surface area contributed by atoms with Gasteiger partial charge in [-0.3, -0.25) is 4.79 Å². The lowest BCUT2D eigenvalue weighted by molar-refractivity contribution is -0.159. The number of rotatable bonds is 5. The number of ether oxygens (including phenoxy) is 1. The van der Waals surface area contributed by atoms with Crippen molar-refractivity contribution >= 4 is 5.97 Å². The number of carboxylic acid groups (broad SMARTS) is 1. The summed E-state index contributed by atoms with van der Waals surface area (Å²) in [5, 5.41) is 9.73. The molecule has 2 fully saturated rings. The highest BCUT2D eigenvalue weighted by atomic mass is 16.6. The van der Waals surface area contributed by atoms with Crippen LogP contribution in [0.2, 0.25) is 0 Å². The Kier molecular flexibility index (Phi) is 3.72. The van der Waals surface area contributed by atoms with Crippen LogP contribution in [-0.2, 0) is 9.53 Å². The van der Waals surface area contributed by atoms with E-state index in [2.05, 4.69) is 13.8 Å². The number of epoxide rings is 1. The average molecular weight is 254 g/mol. The van der Waals surface area contributed by atoms with E-state index in [0.717, 1.165) is 19.3 Å². The Bertz CT molecular complexity index is 320. The maximum absolute atomic E-state index is 11.8. The van der Waals surface area contributed by atoms with Gasteiger partial charge in [-0.05, 0) is 38.0 Å². The molecule has 1 aliphatic carbocycles. The van der Waals surface area contributed by atoms with Crippen molar-refractivity contribution in [3.63, 3.8) is 0 Å². The van der Waals surface area contributed by atoms with Crippen LogP contribution in [-0.4, -0.2) is 23.3 Å². The van der Waals surface area contributed by atoms with Crippen LogP contribution in [0.5, 0.6) is 0 Å². The van der Waals surface area contributed by atoms with Crippen LogP contribution in [0.25, 0.3) is 0 Å². The van der Waals surface area contributed by atoms with Gasteiger partial charge in [-0.2, -0.15) is 0 Å². The molecular weight excluding hydrogens is 228 g/mol. The van der Waals surface area contributed by atoms with Crippen molar-refractivity contribution in [2.24, 2.45) is 10.8 Å². The lowest BCUT2D eigenvalue weighted by Gasteiger charge is -2.46. The molecule has 0 radical (unpaired) electrons. The van der Waals surface area contributed by atoms with E-state index in [4.69, 9.17) is 4.74 Å². The zero-order chi connectivity index (χ0) is 13.4. The molecule has 1 aliphatic heterocycles. The van der Waals surface area contributed by atoms with E-state index in [-0.39, 0.29) is 11.5 Å². The lowest BCUT2D eigenvalue weighted by Crippen LogP contribution is -2.46. The number of hydrogen-bond acceptors (Lipinski definition) is 2. The van der Waals surface area contributed by atoms with Gasteiger partial charge in [0.15, 0.2) is 0 Å². The molecule has 3 nitrogen and oxygen atoms in total. The van der Waals surface area contributed by atoms with Gasteiger partial charge in [0, 0.05) is 0 Å². The molecule has 0 aromatic rings. The molecule has 2 aliphatic rings. The Morgan fingerprint density at radius 3 is 2.39 bits per heavy atom. The molecule has 0 bridgehead atoms. The van der Waals surface area contributed by atoms with Crippen molar-refractivity contribution in [2.75, 3.05) is 0 Å². The predicted molar refractivity (Wildman–Crippen MR) is 70.5 cm³/mol. The number of carboxylic acids is 1. The van der Waals surface area contributed by atoms with Crippen LogP contribution < -0.4 is 0 Å². The smallest absolute Gasteiger partial charge is 0.310 e. The molecule has 1 N–H and O–H groups in total. The van der Waals surface area contributed by atoms with E-state index >= 15 is 0 Å². The van der Waals surface area contributed by atoms with E-state index in [9.17, 15) is 9.90 Å². The molecule has 0 amide bonds. The van der Waals surface area contributed by atoms with Gasteiger partial charge in [-0.1, -0.05) is 33.1 Å². The van der Waals surface area contributed by atoms with Crippen molar-refractivity contribution in [1.82, 2.24) is 0 Å². The van der Waals surface area contributed by atoms with E-state index in [1.54, 1.807) is 0 Å². The first-order valence-electron chi connectivity index (χ1n) is 7.32. The van der Waals surface area contributed by atoms with Gasteiger partial charge >= 0.3 is 5.97 Å². The highest BCUT2D eigenvalue weighted by molar-refractivity contribution is 5.75. The minimum Gasteiger partial charge on any atom is -0.481 e. The summed E-state index contributed by atoms with van der Waals surface area (Å²) in [5.41, 5.74) is -0.705. The Hall–Kier alpha value is -0.570. The van der Waals surface area contributed by atoms with Crippen molar-refractivity contribution in [3.05, 3.63) is 0 Å². The minimum atomic E-state index is -0.641. The van der Waals surface area contributed by atoms with Crippen molar-refractivity contribution in [3.8, 4) is 0 Å². The molecular formula is C15H26O3. The zero-order valence-electron chi connectivity index (χ0n) is 11.9. The third kappa shape index (κ3) is 2.29. The van der Waals surface area contributed by atoms with Crippen molar-refractivity contribution in [1.29, 1.82) is 0 Å². The quantitative estimate of drug-likeness (QED) is 0.762. The van der Waals surface area contributed by atoms with Crippen LogP contribution in [0.4, 0.5) is 0 Å². The van der Waals surface area contributed by atoms with Gasteiger partial charge in [0.1, 0.15) is 0 Å². The maximum atomic E-state index is 11.8. The molecule has 1 saturated carbocycles. The van der Waals surface area contributed by atoms with E-state index in [1.807, 2.05) is 6.92 Å². The average Bonchev–Trinajstić information content (AvgIpc) is 3.07. The lowest BCUT2D eigenvalue weighted by atomic mass is 9.57. The second-order valence-corrected chi connectivity index (χ2v) is 6.58. The zero-order valence-corrected chi connectivity index (χ0v) is 11.9. The number of carbonyl (C=O) groups is 1. The van der Waals surface area contributed by atoms with Crippen LogP contribution in [0, 0.1) is 10.8 Å². The summed E-state index contributed by atoms with van der Waals surface area (Å²) < 4.78 is 5.58. The second-order valence-electron chi connectivity index (χ2n) is 6.58. The number of hydrogen-bond donors (Lipinski definition) is 1. The molecule has 18 heavy (non-hydrogen) atoms. The van der Waals surface area contributed by atoms with Gasteiger partial charge in [0.05, 0.1) is 17.6 Å². The topological polar surface area (TPSA) is 49.8 Å². The third-order valence-corrected chi connectivity index (χ3v) is 5.46. The highest BCUT2D eigenvalue weighted by Crippen LogP contribution is 2.54. The summed E-state index contributed by atoms with van der Waals surface area (Å²) in [6, 6.07) is 0. The molecule has 104 valence electrons.